The van der Waals surface area contributed by atoms with Crippen molar-refractivity contribution in [3.05, 3.63) is 24.3 Å². The van der Waals surface area contributed by atoms with Crippen LogP contribution >= 0.6 is 0 Å². The molecule has 0 saturated carbocycles. The van der Waals surface area contributed by atoms with Gasteiger partial charge in [-0.3, -0.25) is 4.99 Å². The van der Waals surface area contributed by atoms with Gasteiger partial charge in [-0.05, 0) is 19.1 Å². The summed E-state index contributed by atoms with van der Waals surface area (Å²) in [7, 11) is 1.68. The van der Waals surface area contributed by atoms with Crippen LogP contribution < -0.4 is 15.4 Å². The molecule has 0 atom stereocenters. The van der Waals surface area contributed by atoms with E-state index in [-0.39, 0.29) is 12.0 Å². The number of nitrogens with one attached hydrogen (secondary N) is 2. The molecule has 0 unspecified atom stereocenters. The second kappa shape index (κ2) is 10.9. The van der Waals surface area contributed by atoms with Gasteiger partial charge in [0, 0.05) is 50.5 Å². The van der Waals surface area contributed by atoms with Gasteiger partial charge in [0.05, 0.1) is 13.2 Å². The first-order valence-corrected chi connectivity index (χ1v) is 8.38. The summed E-state index contributed by atoms with van der Waals surface area (Å²) in [4.78, 5) is 4.54. The summed E-state index contributed by atoms with van der Waals surface area (Å²) < 4.78 is 10.7. The maximum atomic E-state index is 9.35. The predicted octanol–water partition coefficient (Wildman–Crippen LogP) is 2.50. The van der Waals surface area contributed by atoms with E-state index in [0.717, 1.165) is 24.4 Å². The van der Waals surface area contributed by atoms with Crippen LogP contribution in [0.2, 0.25) is 0 Å². The van der Waals surface area contributed by atoms with Crippen LogP contribution in [0.3, 0.4) is 0 Å². The fraction of sp³-hybridized carbons (Fsp3) is 0.611. The molecule has 0 radical (unpaired) electrons. The third-order valence-electron chi connectivity index (χ3n) is 3.30. The number of methoxy groups -OCH3 is 1. The van der Waals surface area contributed by atoms with Gasteiger partial charge in [-0.1, -0.05) is 19.9 Å². The van der Waals surface area contributed by atoms with Crippen LogP contribution in [0.1, 0.15) is 27.2 Å². The highest BCUT2D eigenvalue weighted by Crippen LogP contribution is 2.18. The normalized spacial score (nSPS) is 12.1. The minimum Gasteiger partial charge on any atom is -0.493 e. The number of nitrogens with zero attached hydrogens (tertiary/aromatic N) is 1. The van der Waals surface area contributed by atoms with Crippen molar-refractivity contribution in [2.45, 2.75) is 27.2 Å². The average molecular weight is 337 g/mol. The van der Waals surface area contributed by atoms with Crippen LogP contribution in [0.4, 0.5) is 5.69 Å². The number of rotatable bonds is 10. The zero-order valence-electron chi connectivity index (χ0n) is 15.3. The highest BCUT2D eigenvalue weighted by Gasteiger charge is 2.16. The van der Waals surface area contributed by atoms with Gasteiger partial charge in [-0.25, -0.2) is 0 Å². The number of aliphatic hydroxyl groups is 1. The average Bonchev–Trinajstić information content (AvgIpc) is 2.57. The molecule has 1 aromatic carbocycles. The molecular formula is C18H31N3O3. The third-order valence-corrected chi connectivity index (χ3v) is 3.30. The van der Waals surface area contributed by atoms with Gasteiger partial charge >= 0.3 is 0 Å². The molecule has 1 rings (SSSR count). The molecule has 0 amide bonds. The lowest BCUT2D eigenvalue weighted by Gasteiger charge is -2.20. The molecule has 0 heterocycles. The number of aliphatic imine (C=N–C) groups is 1. The van der Waals surface area contributed by atoms with Gasteiger partial charge in [-0.2, -0.15) is 0 Å². The van der Waals surface area contributed by atoms with Crippen molar-refractivity contribution in [3.8, 4) is 5.75 Å². The number of guanidine groups is 1. The molecular weight excluding hydrogens is 306 g/mol. The lowest BCUT2D eigenvalue weighted by molar-refractivity contribution is 0.167. The summed E-state index contributed by atoms with van der Waals surface area (Å²) in [6.07, 6.45) is 0.856. The van der Waals surface area contributed by atoms with E-state index in [1.165, 1.54) is 0 Å². The van der Waals surface area contributed by atoms with E-state index in [0.29, 0.717) is 25.7 Å². The standard InChI is InChI=1S/C18H31N3O3/c1-5-19-17(20-13-18(2,3)14-22)21-15-8-6-9-16(12-15)24-11-7-10-23-4/h6,8-9,12,22H,5,7,10-11,13-14H2,1-4H3,(H2,19,20,21). The van der Waals surface area contributed by atoms with E-state index in [9.17, 15) is 5.11 Å². The topological polar surface area (TPSA) is 75.1 Å². The number of benzene rings is 1. The van der Waals surface area contributed by atoms with Gasteiger partial charge in [0.25, 0.3) is 0 Å². The number of anilines is 1. The lowest BCUT2D eigenvalue weighted by atomic mass is 9.95. The maximum absolute atomic E-state index is 9.35. The Morgan fingerprint density at radius 2 is 2.08 bits per heavy atom. The monoisotopic (exact) mass is 337 g/mol. The van der Waals surface area contributed by atoms with Crippen molar-refractivity contribution >= 4 is 11.6 Å². The highest BCUT2D eigenvalue weighted by molar-refractivity contribution is 5.93. The molecule has 24 heavy (non-hydrogen) atoms. The number of hydrogen-bond donors (Lipinski definition) is 3. The summed E-state index contributed by atoms with van der Waals surface area (Å²) in [5.41, 5.74) is 0.662. The fourth-order valence-electron chi connectivity index (χ4n) is 1.84. The Bertz CT molecular complexity index is 504. The summed E-state index contributed by atoms with van der Waals surface area (Å²) in [6.45, 7) is 8.68. The molecule has 136 valence electrons. The number of hydrogen-bond acceptors (Lipinski definition) is 4. The molecule has 0 fully saturated rings. The molecule has 0 aliphatic rings. The van der Waals surface area contributed by atoms with Crippen molar-refractivity contribution in [1.29, 1.82) is 0 Å². The second-order valence-electron chi connectivity index (χ2n) is 6.37. The van der Waals surface area contributed by atoms with Crippen LogP contribution in [0.15, 0.2) is 29.3 Å². The summed E-state index contributed by atoms with van der Waals surface area (Å²) in [6, 6.07) is 7.77. The van der Waals surface area contributed by atoms with Gasteiger partial charge in [-0.15, -0.1) is 0 Å². The molecule has 0 saturated heterocycles. The molecule has 0 aromatic heterocycles. The SMILES string of the molecule is CCNC(=NCC(C)(C)CO)Nc1cccc(OCCCOC)c1. The van der Waals surface area contributed by atoms with E-state index in [1.807, 2.05) is 45.0 Å². The first-order valence-electron chi connectivity index (χ1n) is 8.38. The molecule has 0 aliphatic heterocycles. The summed E-state index contributed by atoms with van der Waals surface area (Å²) >= 11 is 0. The van der Waals surface area contributed by atoms with Crippen LogP contribution in [0.5, 0.6) is 5.75 Å². The van der Waals surface area contributed by atoms with Crippen molar-refractivity contribution in [3.63, 3.8) is 0 Å². The quantitative estimate of drug-likeness (QED) is 0.347. The Morgan fingerprint density at radius 1 is 1.29 bits per heavy atom. The molecule has 6 heteroatoms. The molecule has 0 bridgehead atoms. The van der Waals surface area contributed by atoms with Gasteiger partial charge in [0.2, 0.25) is 0 Å². The Kier molecular flexibility index (Phi) is 9.19. The molecule has 0 aliphatic carbocycles. The predicted molar refractivity (Wildman–Crippen MR) is 98.9 cm³/mol. The van der Waals surface area contributed by atoms with Crippen LogP contribution in [-0.2, 0) is 4.74 Å². The molecule has 0 spiro atoms. The molecule has 3 N–H and O–H groups in total. The van der Waals surface area contributed by atoms with E-state index in [1.54, 1.807) is 7.11 Å². The van der Waals surface area contributed by atoms with E-state index < -0.39 is 0 Å². The minimum absolute atomic E-state index is 0.0979. The zero-order chi connectivity index (χ0) is 17.8. The second-order valence-corrected chi connectivity index (χ2v) is 6.37. The molecule has 1 aromatic rings. The van der Waals surface area contributed by atoms with E-state index in [4.69, 9.17) is 9.47 Å². The first-order chi connectivity index (χ1) is 11.5. The van der Waals surface area contributed by atoms with E-state index >= 15 is 0 Å². The van der Waals surface area contributed by atoms with Crippen LogP contribution in [0.25, 0.3) is 0 Å². The van der Waals surface area contributed by atoms with Crippen molar-refractivity contribution in [2.24, 2.45) is 10.4 Å². The van der Waals surface area contributed by atoms with Crippen LogP contribution in [-0.4, -0.2) is 51.1 Å². The number of ether oxygens (including phenoxy) is 2. The Labute approximate surface area is 145 Å². The zero-order valence-corrected chi connectivity index (χ0v) is 15.3. The highest BCUT2D eigenvalue weighted by atomic mass is 16.5. The lowest BCUT2D eigenvalue weighted by Crippen LogP contribution is -2.32. The van der Waals surface area contributed by atoms with Crippen molar-refractivity contribution in [1.82, 2.24) is 5.32 Å². The van der Waals surface area contributed by atoms with E-state index in [2.05, 4.69) is 15.6 Å². The van der Waals surface area contributed by atoms with Crippen LogP contribution in [0, 0.1) is 5.41 Å². The fourth-order valence-corrected chi connectivity index (χ4v) is 1.84. The first kappa shape index (κ1) is 20.3. The Morgan fingerprint density at radius 3 is 2.75 bits per heavy atom. The Balaban J connectivity index is 2.67. The van der Waals surface area contributed by atoms with Crippen molar-refractivity contribution in [2.75, 3.05) is 45.3 Å². The third kappa shape index (κ3) is 8.17. The Hall–Kier alpha value is -1.79. The van der Waals surface area contributed by atoms with Gasteiger partial charge < -0.3 is 25.2 Å². The van der Waals surface area contributed by atoms with Gasteiger partial charge in [0.15, 0.2) is 5.96 Å². The smallest absolute Gasteiger partial charge is 0.195 e. The maximum Gasteiger partial charge on any atom is 0.195 e. The van der Waals surface area contributed by atoms with Crippen molar-refractivity contribution < 1.29 is 14.6 Å². The minimum atomic E-state index is -0.241. The molecule has 6 nitrogen and oxygen atoms in total. The summed E-state index contributed by atoms with van der Waals surface area (Å²) in [5.74, 6) is 1.50. The summed E-state index contributed by atoms with van der Waals surface area (Å²) in [5, 5.41) is 15.8. The largest absolute Gasteiger partial charge is 0.493 e. The number of aliphatic hydroxyl groups excluding tert-OH is 1. The van der Waals surface area contributed by atoms with Gasteiger partial charge in [0.1, 0.15) is 5.75 Å².